The first-order chi connectivity index (χ1) is 8.65. The summed E-state index contributed by atoms with van der Waals surface area (Å²) in [6, 6.07) is 0. The molecule has 1 rings (SSSR count). The Morgan fingerprint density at radius 3 is 2.56 bits per heavy atom. The molecule has 0 bridgehead atoms. The normalized spacial score (nSPS) is 19.1. The number of unbranched alkanes of at least 4 members (excludes halogenated alkanes) is 2. The molecule has 0 spiro atoms. The van der Waals surface area contributed by atoms with Crippen LogP contribution in [0.25, 0.3) is 0 Å². The van der Waals surface area contributed by atoms with Crippen LogP contribution in [-0.2, 0) is 4.79 Å². The van der Waals surface area contributed by atoms with Gasteiger partial charge in [0.2, 0.25) is 5.91 Å². The van der Waals surface area contributed by atoms with Crippen molar-refractivity contribution in [1.29, 1.82) is 0 Å². The molecule has 1 amide bonds. The number of likely N-dealkylation sites (tertiary alicyclic amines) is 1. The summed E-state index contributed by atoms with van der Waals surface area (Å²) >= 11 is 0. The van der Waals surface area contributed by atoms with Crippen LogP contribution in [0.2, 0.25) is 0 Å². The molecule has 0 radical (unpaired) electrons. The molecule has 106 valence electrons. The van der Waals surface area contributed by atoms with Gasteiger partial charge >= 0.3 is 0 Å². The predicted octanol–water partition coefficient (Wildman–Crippen LogP) is 2.05. The van der Waals surface area contributed by atoms with Crippen LogP contribution in [0.1, 0.15) is 58.8 Å². The molecule has 3 N–H and O–H groups in total. The molecule has 4 heteroatoms. The monoisotopic (exact) mass is 255 g/mol. The zero-order valence-corrected chi connectivity index (χ0v) is 12.0. The Balaban J connectivity index is 2.09. The van der Waals surface area contributed by atoms with Gasteiger partial charge in [-0.1, -0.05) is 20.3 Å². The Bertz CT molecular complexity index is 251. The minimum atomic E-state index is -0.0489. The van der Waals surface area contributed by atoms with E-state index in [1.807, 2.05) is 0 Å². The van der Waals surface area contributed by atoms with Crippen LogP contribution in [0.5, 0.6) is 0 Å². The maximum atomic E-state index is 10.9. The largest absolute Gasteiger partial charge is 0.303 e. The van der Waals surface area contributed by atoms with Gasteiger partial charge in [-0.2, -0.15) is 0 Å². The van der Waals surface area contributed by atoms with Gasteiger partial charge in [0.05, 0.1) is 0 Å². The number of nitrogens with one attached hydrogen (secondary N) is 1. The summed E-state index contributed by atoms with van der Waals surface area (Å²) in [5.74, 6) is 4.99. The Hall–Kier alpha value is -0.610. The van der Waals surface area contributed by atoms with E-state index in [0.29, 0.717) is 11.8 Å². The lowest BCUT2D eigenvalue weighted by molar-refractivity contribution is -0.121. The highest BCUT2D eigenvalue weighted by molar-refractivity contribution is 5.74. The van der Waals surface area contributed by atoms with Gasteiger partial charge in [0.1, 0.15) is 0 Å². The molecule has 4 nitrogen and oxygen atoms in total. The number of nitrogens with zero attached hydrogens (tertiary/aromatic N) is 1. The van der Waals surface area contributed by atoms with Gasteiger partial charge in [0.25, 0.3) is 0 Å². The van der Waals surface area contributed by atoms with Crippen LogP contribution in [0.15, 0.2) is 0 Å². The van der Waals surface area contributed by atoms with Crippen molar-refractivity contribution >= 4 is 5.91 Å². The fourth-order valence-electron chi connectivity index (χ4n) is 2.92. The Morgan fingerprint density at radius 2 is 2.00 bits per heavy atom. The minimum Gasteiger partial charge on any atom is -0.303 e. The fraction of sp³-hybridized carbons (Fsp3) is 0.929. The molecule has 0 aliphatic carbocycles. The first kappa shape index (κ1) is 15.4. The highest BCUT2D eigenvalue weighted by atomic mass is 16.2. The zero-order valence-electron chi connectivity index (χ0n) is 12.0. The van der Waals surface area contributed by atoms with Crippen LogP contribution in [0, 0.1) is 5.41 Å². The van der Waals surface area contributed by atoms with Gasteiger partial charge in [-0.3, -0.25) is 10.2 Å². The molecule has 0 aromatic heterocycles. The number of carbonyl (C=O) groups excluding carboxylic acids is 1. The van der Waals surface area contributed by atoms with Crippen LogP contribution in [-0.4, -0.2) is 30.4 Å². The summed E-state index contributed by atoms with van der Waals surface area (Å²) in [5, 5.41) is 0. The van der Waals surface area contributed by atoms with Crippen molar-refractivity contribution in [3.63, 3.8) is 0 Å². The van der Waals surface area contributed by atoms with Crippen LogP contribution < -0.4 is 11.3 Å². The van der Waals surface area contributed by atoms with Crippen molar-refractivity contribution < 1.29 is 4.79 Å². The molecule has 1 heterocycles. The van der Waals surface area contributed by atoms with E-state index < -0.39 is 0 Å². The van der Waals surface area contributed by atoms with Crippen LogP contribution in [0.4, 0.5) is 0 Å². The van der Waals surface area contributed by atoms with E-state index in [1.165, 1.54) is 45.3 Å². The Morgan fingerprint density at radius 1 is 1.28 bits per heavy atom. The molecule has 1 fully saturated rings. The van der Waals surface area contributed by atoms with Gasteiger partial charge in [-0.05, 0) is 50.6 Å². The first-order valence-corrected chi connectivity index (χ1v) is 7.37. The molecule has 1 aliphatic rings. The molecule has 0 aromatic carbocycles. The third-order valence-corrected chi connectivity index (χ3v) is 4.56. The summed E-state index contributed by atoms with van der Waals surface area (Å²) < 4.78 is 0. The van der Waals surface area contributed by atoms with Gasteiger partial charge < -0.3 is 4.90 Å². The summed E-state index contributed by atoms with van der Waals surface area (Å²) in [5.41, 5.74) is 2.76. The van der Waals surface area contributed by atoms with Gasteiger partial charge in [-0.25, -0.2) is 5.84 Å². The second-order valence-corrected chi connectivity index (χ2v) is 5.61. The number of hydrogen-bond acceptors (Lipinski definition) is 3. The van der Waals surface area contributed by atoms with Crippen molar-refractivity contribution in [1.82, 2.24) is 10.3 Å². The molecular formula is C14H29N3O. The van der Waals surface area contributed by atoms with E-state index in [9.17, 15) is 4.79 Å². The first-order valence-electron chi connectivity index (χ1n) is 7.37. The molecule has 0 unspecified atom stereocenters. The van der Waals surface area contributed by atoms with Crippen molar-refractivity contribution in [2.75, 3.05) is 19.6 Å². The van der Waals surface area contributed by atoms with E-state index in [4.69, 9.17) is 5.84 Å². The maximum Gasteiger partial charge on any atom is 0.233 e. The lowest BCUT2D eigenvalue weighted by Crippen LogP contribution is -2.29. The van der Waals surface area contributed by atoms with E-state index >= 15 is 0 Å². The van der Waals surface area contributed by atoms with E-state index in [0.717, 1.165) is 12.8 Å². The third-order valence-electron chi connectivity index (χ3n) is 4.56. The quantitative estimate of drug-likeness (QED) is 0.302. The predicted molar refractivity (Wildman–Crippen MR) is 74.9 cm³/mol. The minimum absolute atomic E-state index is 0.0489. The average Bonchev–Trinajstić information content (AvgIpc) is 2.82. The summed E-state index contributed by atoms with van der Waals surface area (Å²) in [4.78, 5) is 13.5. The fourth-order valence-corrected chi connectivity index (χ4v) is 2.92. The second kappa shape index (κ2) is 7.74. The topological polar surface area (TPSA) is 58.4 Å². The Kier molecular flexibility index (Phi) is 6.65. The zero-order chi connectivity index (χ0) is 13.4. The number of hydrazine groups is 1. The molecule has 0 atom stereocenters. The maximum absolute atomic E-state index is 10.9. The van der Waals surface area contributed by atoms with Crippen molar-refractivity contribution in [2.24, 2.45) is 11.3 Å². The number of rotatable bonds is 8. The highest BCUT2D eigenvalue weighted by Gasteiger charge is 2.34. The van der Waals surface area contributed by atoms with Crippen LogP contribution in [0.3, 0.4) is 0 Å². The average molecular weight is 255 g/mol. The standard InChI is InChI=1S/C14H29N3O/c1-3-14(4-2)9-11-17(12-14)10-7-5-6-8-13(18)16-15/h3-12,15H2,1-2H3,(H,16,18). The second-order valence-electron chi connectivity index (χ2n) is 5.61. The van der Waals surface area contributed by atoms with Crippen molar-refractivity contribution in [2.45, 2.75) is 58.8 Å². The lowest BCUT2D eigenvalue weighted by Gasteiger charge is -2.26. The van der Waals surface area contributed by atoms with E-state index in [-0.39, 0.29) is 5.91 Å². The van der Waals surface area contributed by atoms with Crippen molar-refractivity contribution in [3.8, 4) is 0 Å². The molecule has 0 saturated carbocycles. The summed E-state index contributed by atoms with van der Waals surface area (Å²) in [7, 11) is 0. The van der Waals surface area contributed by atoms with Gasteiger partial charge in [-0.15, -0.1) is 0 Å². The van der Waals surface area contributed by atoms with Crippen LogP contribution >= 0.6 is 0 Å². The number of amides is 1. The smallest absolute Gasteiger partial charge is 0.233 e. The SMILES string of the molecule is CCC1(CC)CCN(CCCCCC(=O)NN)C1. The van der Waals surface area contributed by atoms with Crippen molar-refractivity contribution in [3.05, 3.63) is 0 Å². The van der Waals surface area contributed by atoms with E-state index in [2.05, 4.69) is 24.2 Å². The molecule has 0 aromatic rings. The summed E-state index contributed by atoms with van der Waals surface area (Å²) in [6.45, 7) is 8.34. The molecule has 18 heavy (non-hydrogen) atoms. The Labute approximate surface area is 111 Å². The summed E-state index contributed by atoms with van der Waals surface area (Å²) in [6.07, 6.45) is 7.79. The lowest BCUT2D eigenvalue weighted by atomic mass is 9.82. The van der Waals surface area contributed by atoms with Gasteiger partial charge in [0, 0.05) is 13.0 Å². The number of hydrogen-bond donors (Lipinski definition) is 2. The van der Waals surface area contributed by atoms with E-state index in [1.54, 1.807) is 0 Å². The molecule has 1 aliphatic heterocycles. The molecule has 1 saturated heterocycles. The van der Waals surface area contributed by atoms with Gasteiger partial charge in [0.15, 0.2) is 0 Å². The molecular weight excluding hydrogens is 226 g/mol. The highest BCUT2D eigenvalue weighted by Crippen LogP contribution is 2.36. The third kappa shape index (κ3) is 4.58. The number of nitrogens with two attached hydrogens (primary N) is 1. The number of carbonyl (C=O) groups is 1.